The Kier molecular flexibility index (Phi) is 3.39. The van der Waals surface area contributed by atoms with Crippen LogP contribution in [0.5, 0.6) is 0 Å². The smallest absolute Gasteiger partial charge is 0.337 e. The fourth-order valence-corrected chi connectivity index (χ4v) is 3.70. The summed E-state index contributed by atoms with van der Waals surface area (Å²) in [5.74, 6) is -1.29. The summed E-state index contributed by atoms with van der Waals surface area (Å²) in [6.45, 7) is 0.272. The normalized spacial score (nSPS) is 17.2. The zero-order valence-corrected chi connectivity index (χ0v) is 11.2. The van der Waals surface area contributed by atoms with Crippen molar-refractivity contribution in [3.63, 3.8) is 0 Å². The van der Waals surface area contributed by atoms with Gasteiger partial charge < -0.3 is 5.11 Å². The fraction of sp³-hybridized carbons (Fsp3) is 0.273. The van der Waals surface area contributed by atoms with Gasteiger partial charge in [0.25, 0.3) is 0 Å². The first-order chi connectivity index (χ1) is 8.86. The van der Waals surface area contributed by atoms with Crippen molar-refractivity contribution in [1.29, 1.82) is 5.26 Å². The van der Waals surface area contributed by atoms with Crippen molar-refractivity contribution < 1.29 is 18.3 Å². The Labute approximate surface area is 114 Å². The van der Waals surface area contributed by atoms with Gasteiger partial charge in [0.15, 0.2) is 0 Å². The Morgan fingerprint density at radius 2 is 2.16 bits per heavy atom. The number of nitriles is 1. The highest BCUT2D eigenvalue weighted by atomic mass is 35.5. The van der Waals surface area contributed by atoms with E-state index in [1.807, 2.05) is 0 Å². The maximum absolute atomic E-state index is 11.8. The molecule has 100 valence electrons. The van der Waals surface area contributed by atoms with Gasteiger partial charge in [0, 0.05) is 6.54 Å². The van der Waals surface area contributed by atoms with Crippen LogP contribution in [0.15, 0.2) is 12.1 Å². The lowest BCUT2D eigenvalue weighted by atomic mass is 10.1. The molecule has 0 bridgehead atoms. The van der Waals surface area contributed by atoms with E-state index < -0.39 is 16.0 Å². The number of sulfonamides is 1. The van der Waals surface area contributed by atoms with Gasteiger partial charge in [0.2, 0.25) is 10.0 Å². The number of hydrogen-bond donors (Lipinski definition) is 1. The molecular weight excluding hydrogens is 292 g/mol. The summed E-state index contributed by atoms with van der Waals surface area (Å²) >= 11 is 5.78. The van der Waals surface area contributed by atoms with Gasteiger partial charge >= 0.3 is 5.97 Å². The molecular formula is C11H9ClN2O4S. The minimum absolute atomic E-state index is 0.0138. The average molecular weight is 301 g/mol. The number of carbonyl (C=O) groups is 1. The molecule has 6 nitrogen and oxygen atoms in total. The molecule has 0 unspecified atom stereocenters. The summed E-state index contributed by atoms with van der Waals surface area (Å²) in [6.07, 6.45) is 0.468. The first-order valence-corrected chi connectivity index (χ1v) is 7.33. The number of halogens is 1. The minimum atomic E-state index is -3.43. The number of benzene rings is 1. The second kappa shape index (κ2) is 4.72. The third kappa shape index (κ3) is 2.37. The van der Waals surface area contributed by atoms with E-state index in [1.54, 1.807) is 6.07 Å². The maximum atomic E-state index is 11.8. The third-order valence-electron chi connectivity index (χ3n) is 2.80. The molecule has 0 aliphatic carbocycles. The third-order valence-corrected chi connectivity index (χ3v) is 5.07. The van der Waals surface area contributed by atoms with Crippen molar-refractivity contribution in [1.82, 2.24) is 0 Å². The van der Waals surface area contributed by atoms with E-state index in [0.717, 1.165) is 4.31 Å². The Balaban J connectivity index is 2.63. The zero-order chi connectivity index (χ0) is 14.2. The van der Waals surface area contributed by atoms with Gasteiger partial charge in [0.1, 0.15) is 6.07 Å². The SMILES string of the molecule is N#Cc1cc(N2CCCS2(=O)=O)cc(C(=O)O)c1Cl. The molecule has 0 aromatic heterocycles. The number of hydrogen-bond acceptors (Lipinski definition) is 4. The van der Waals surface area contributed by atoms with Crippen LogP contribution in [0.1, 0.15) is 22.3 Å². The van der Waals surface area contributed by atoms with Crippen molar-refractivity contribution in [2.24, 2.45) is 0 Å². The highest BCUT2D eigenvalue weighted by molar-refractivity contribution is 7.93. The van der Waals surface area contributed by atoms with Crippen LogP contribution < -0.4 is 4.31 Å². The van der Waals surface area contributed by atoms with Crippen molar-refractivity contribution >= 4 is 33.3 Å². The lowest BCUT2D eigenvalue weighted by molar-refractivity contribution is 0.0697. The lowest BCUT2D eigenvalue weighted by Crippen LogP contribution is -2.25. The van der Waals surface area contributed by atoms with Gasteiger partial charge in [-0.2, -0.15) is 5.26 Å². The molecule has 1 fully saturated rings. The Morgan fingerprint density at radius 1 is 1.47 bits per heavy atom. The van der Waals surface area contributed by atoms with Crippen LogP contribution in [0.3, 0.4) is 0 Å². The topological polar surface area (TPSA) is 98.5 Å². The fourth-order valence-electron chi connectivity index (χ4n) is 1.92. The molecule has 8 heteroatoms. The second-order valence-electron chi connectivity index (χ2n) is 4.01. The van der Waals surface area contributed by atoms with E-state index >= 15 is 0 Å². The Morgan fingerprint density at radius 3 is 2.63 bits per heavy atom. The summed E-state index contributed by atoms with van der Waals surface area (Å²) in [7, 11) is -3.43. The number of anilines is 1. The van der Waals surface area contributed by atoms with Crippen LogP contribution in [0.2, 0.25) is 5.02 Å². The average Bonchev–Trinajstić information content (AvgIpc) is 2.69. The van der Waals surface area contributed by atoms with Gasteiger partial charge in [-0.15, -0.1) is 0 Å². The molecule has 1 N–H and O–H groups in total. The number of carboxylic acid groups (broad SMARTS) is 1. The molecule has 0 atom stereocenters. The molecule has 1 aliphatic heterocycles. The lowest BCUT2D eigenvalue weighted by Gasteiger charge is -2.18. The van der Waals surface area contributed by atoms with Crippen LogP contribution in [-0.4, -0.2) is 31.8 Å². The van der Waals surface area contributed by atoms with E-state index in [-0.39, 0.29) is 34.1 Å². The standard InChI is InChI=1S/C11H9ClN2O4S/c12-10-7(6-13)4-8(5-9(10)11(15)16)14-2-1-3-19(14,17)18/h4-5H,1-3H2,(H,15,16). The van der Waals surface area contributed by atoms with Gasteiger partial charge in [-0.05, 0) is 18.6 Å². The van der Waals surface area contributed by atoms with E-state index in [9.17, 15) is 13.2 Å². The van der Waals surface area contributed by atoms with Crippen LogP contribution in [0.4, 0.5) is 5.69 Å². The van der Waals surface area contributed by atoms with E-state index in [0.29, 0.717) is 6.42 Å². The molecule has 1 aliphatic rings. The number of carboxylic acids is 1. The van der Waals surface area contributed by atoms with Gasteiger partial charge in [-0.1, -0.05) is 11.6 Å². The molecule has 0 radical (unpaired) electrons. The predicted molar refractivity (Wildman–Crippen MR) is 68.9 cm³/mol. The molecule has 1 aromatic rings. The molecule has 0 spiro atoms. The summed E-state index contributed by atoms with van der Waals surface area (Å²) in [4.78, 5) is 11.1. The molecule has 0 amide bonds. The minimum Gasteiger partial charge on any atom is -0.478 e. The number of rotatable bonds is 2. The number of nitrogens with zero attached hydrogens (tertiary/aromatic N) is 2. The molecule has 1 heterocycles. The van der Waals surface area contributed by atoms with Crippen molar-refractivity contribution in [3.8, 4) is 6.07 Å². The molecule has 1 saturated heterocycles. The highest BCUT2D eigenvalue weighted by Gasteiger charge is 2.30. The summed E-state index contributed by atoms with van der Waals surface area (Å²) < 4.78 is 24.7. The summed E-state index contributed by atoms with van der Waals surface area (Å²) in [5, 5.41) is 17.8. The summed E-state index contributed by atoms with van der Waals surface area (Å²) in [6, 6.07) is 4.23. The summed E-state index contributed by atoms with van der Waals surface area (Å²) in [5.41, 5.74) is -0.174. The van der Waals surface area contributed by atoms with Gasteiger partial charge in [0.05, 0.1) is 27.6 Å². The Hall–Kier alpha value is -1.78. The van der Waals surface area contributed by atoms with Crippen LogP contribution in [-0.2, 0) is 10.0 Å². The quantitative estimate of drug-likeness (QED) is 0.891. The molecule has 1 aromatic carbocycles. The highest BCUT2D eigenvalue weighted by Crippen LogP contribution is 2.31. The van der Waals surface area contributed by atoms with Crippen LogP contribution >= 0.6 is 11.6 Å². The maximum Gasteiger partial charge on any atom is 0.337 e. The molecule has 19 heavy (non-hydrogen) atoms. The molecule has 0 saturated carbocycles. The van der Waals surface area contributed by atoms with Crippen molar-refractivity contribution in [2.75, 3.05) is 16.6 Å². The second-order valence-corrected chi connectivity index (χ2v) is 6.40. The number of aromatic carboxylic acids is 1. The molecule has 2 rings (SSSR count). The largest absolute Gasteiger partial charge is 0.478 e. The first kappa shape index (κ1) is 13.6. The zero-order valence-electron chi connectivity index (χ0n) is 9.63. The van der Waals surface area contributed by atoms with Crippen molar-refractivity contribution in [3.05, 3.63) is 28.3 Å². The van der Waals surface area contributed by atoms with Crippen molar-refractivity contribution in [2.45, 2.75) is 6.42 Å². The first-order valence-electron chi connectivity index (χ1n) is 5.34. The Bertz CT molecular complexity index is 693. The van der Waals surface area contributed by atoms with E-state index in [2.05, 4.69) is 0 Å². The van der Waals surface area contributed by atoms with E-state index in [4.69, 9.17) is 22.0 Å². The van der Waals surface area contributed by atoms with E-state index in [1.165, 1.54) is 12.1 Å². The van der Waals surface area contributed by atoms with Crippen LogP contribution in [0, 0.1) is 11.3 Å². The van der Waals surface area contributed by atoms with Crippen LogP contribution in [0.25, 0.3) is 0 Å². The monoisotopic (exact) mass is 300 g/mol. The van der Waals surface area contributed by atoms with Gasteiger partial charge in [-0.3, -0.25) is 4.31 Å². The predicted octanol–water partition coefficient (Wildman–Crippen LogP) is 1.45. The van der Waals surface area contributed by atoms with Gasteiger partial charge in [-0.25, -0.2) is 13.2 Å².